The van der Waals surface area contributed by atoms with Gasteiger partial charge in [0, 0.05) is 38.0 Å². The third-order valence-electron chi connectivity index (χ3n) is 5.31. The Morgan fingerprint density at radius 3 is 2.10 bits per heavy atom. The molecule has 0 unspecified atom stereocenters. The largest absolute Gasteiger partial charge is 0.490 e. The van der Waals surface area contributed by atoms with Crippen LogP contribution in [-0.2, 0) is 14.3 Å². The Bertz CT molecular complexity index is 1110. The van der Waals surface area contributed by atoms with E-state index in [-0.39, 0.29) is 24.2 Å². The summed E-state index contributed by atoms with van der Waals surface area (Å²) in [7, 11) is 0. The van der Waals surface area contributed by atoms with Crippen LogP contribution in [-0.4, -0.2) is 86.7 Å². The number of fused-ring (bicyclic) bond motifs is 1. The maximum atomic E-state index is 12.9. The fourth-order valence-corrected chi connectivity index (χ4v) is 3.64. The second-order valence-corrected chi connectivity index (χ2v) is 8.13. The molecule has 214 valence electrons. The number of ether oxygens (including phenoxy) is 2. The van der Waals surface area contributed by atoms with Gasteiger partial charge in [-0.2, -0.15) is 26.3 Å². The van der Waals surface area contributed by atoms with E-state index in [4.69, 9.17) is 29.3 Å². The third kappa shape index (κ3) is 9.38. The van der Waals surface area contributed by atoms with Crippen molar-refractivity contribution in [2.75, 3.05) is 13.2 Å². The lowest BCUT2D eigenvalue weighted by Gasteiger charge is -2.40. The van der Waals surface area contributed by atoms with Gasteiger partial charge in [-0.25, -0.2) is 14.6 Å². The standard InChI is InChI=1S/C19H21N3O3.2C2HF3O2/c1-13-5-9-20-14(12-13)19(23)22-10-6-16(18-15(22)7-11-24-18)25-17-4-2-3-8-21-17;2*3-2(4,5)1(6)7/h2-5,8-9,12,15-16,18H,6-7,10-11H2,1H3;2*(H,6,7)/t15-,16+,18-;;/m0../s1. The highest BCUT2D eigenvalue weighted by molar-refractivity contribution is 5.92. The molecule has 2 aromatic rings. The molecule has 0 saturated carbocycles. The molecule has 10 nitrogen and oxygen atoms in total. The molecule has 0 spiro atoms. The fraction of sp³-hybridized carbons (Fsp3) is 0.435. The number of hydrogen-bond donors (Lipinski definition) is 2. The van der Waals surface area contributed by atoms with E-state index in [0.717, 1.165) is 18.4 Å². The summed E-state index contributed by atoms with van der Waals surface area (Å²) in [5.74, 6) is -4.94. The van der Waals surface area contributed by atoms with Gasteiger partial charge in [0.25, 0.3) is 5.91 Å². The van der Waals surface area contributed by atoms with Crippen molar-refractivity contribution in [3.63, 3.8) is 0 Å². The first kappa shape index (κ1) is 31.3. The lowest BCUT2D eigenvalue weighted by atomic mass is 9.95. The van der Waals surface area contributed by atoms with Gasteiger partial charge in [-0.15, -0.1) is 0 Å². The molecule has 2 saturated heterocycles. The molecule has 2 aliphatic rings. The molecular weight excluding hydrogens is 544 g/mol. The zero-order valence-corrected chi connectivity index (χ0v) is 20.1. The maximum absolute atomic E-state index is 12.9. The number of piperidine rings is 1. The second-order valence-electron chi connectivity index (χ2n) is 8.13. The number of carbonyl (C=O) groups excluding carboxylic acids is 1. The number of carboxylic acids is 2. The Balaban J connectivity index is 0.000000317. The second kappa shape index (κ2) is 13.2. The van der Waals surface area contributed by atoms with Crippen molar-refractivity contribution in [2.45, 2.75) is 50.4 Å². The van der Waals surface area contributed by atoms with Gasteiger partial charge in [-0.1, -0.05) is 6.07 Å². The van der Waals surface area contributed by atoms with Gasteiger partial charge < -0.3 is 24.6 Å². The SMILES string of the molecule is Cc1ccnc(C(=O)N2CC[C@@H](Oc3ccccn3)[C@H]3OCC[C@@H]32)c1.O=C(O)C(F)(F)F.O=C(O)C(F)(F)F. The van der Waals surface area contributed by atoms with E-state index in [0.29, 0.717) is 24.7 Å². The Morgan fingerprint density at radius 1 is 0.974 bits per heavy atom. The molecule has 2 aromatic heterocycles. The van der Waals surface area contributed by atoms with Crippen molar-refractivity contribution in [1.29, 1.82) is 0 Å². The first-order valence-corrected chi connectivity index (χ1v) is 11.1. The van der Waals surface area contributed by atoms with Gasteiger partial charge in [0.1, 0.15) is 17.9 Å². The Labute approximate surface area is 217 Å². The van der Waals surface area contributed by atoms with Crippen LogP contribution in [0.3, 0.4) is 0 Å². The van der Waals surface area contributed by atoms with Crippen LogP contribution in [0.5, 0.6) is 5.88 Å². The minimum atomic E-state index is -5.08. The number of hydrogen-bond acceptors (Lipinski definition) is 7. The highest BCUT2D eigenvalue weighted by atomic mass is 19.4. The van der Waals surface area contributed by atoms with E-state index in [1.54, 1.807) is 12.4 Å². The Kier molecular flexibility index (Phi) is 10.6. The van der Waals surface area contributed by atoms with Crippen LogP contribution in [0.1, 0.15) is 28.9 Å². The molecule has 2 fully saturated rings. The molecule has 16 heteroatoms. The van der Waals surface area contributed by atoms with E-state index in [9.17, 15) is 31.1 Å². The first-order chi connectivity index (χ1) is 18.1. The van der Waals surface area contributed by atoms with Crippen molar-refractivity contribution in [3.8, 4) is 5.88 Å². The topological polar surface area (TPSA) is 139 Å². The summed E-state index contributed by atoms with van der Waals surface area (Å²) in [5.41, 5.74) is 1.53. The van der Waals surface area contributed by atoms with Gasteiger partial charge in [0.05, 0.1) is 6.04 Å². The molecule has 0 radical (unpaired) electrons. The number of halogens is 6. The van der Waals surface area contributed by atoms with Crippen LogP contribution < -0.4 is 4.74 Å². The molecular formula is C23H23F6N3O7. The lowest BCUT2D eigenvalue weighted by Crippen LogP contribution is -2.56. The highest BCUT2D eigenvalue weighted by Crippen LogP contribution is 2.31. The lowest BCUT2D eigenvalue weighted by molar-refractivity contribution is -0.193. The zero-order valence-electron chi connectivity index (χ0n) is 20.1. The average Bonchev–Trinajstić information content (AvgIpc) is 3.35. The summed E-state index contributed by atoms with van der Waals surface area (Å²) in [6.45, 7) is 3.24. The smallest absolute Gasteiger partial charge is 0.475 e. The third-order valence-corrected chi connectivity index (χ3v) is 5.31. The number of rotatable bonds is 3. The molecule has 0 bridgehead atoms. The number of nitrogens with zero attached hydrogens (tertiary/aromatic N) is 3. The van der Waals surface area contributed by atoms with Gasteiger partial charge >= 0.3 is 24.3 Å². The summed E-state index contributed by atoms with van der Waals surface area (Å²) in [6.07, 6.45) is -5.44. The number of aromatic nitrogens is 2. The van der Waals surface area contributed by atoms with Crippen LogP contribution in [0.15, 0.2) is 42.7 Å². The van der Waals surface area contributed by atoms with Crippen molar-refractivity contribution in [1.82, 2.24) is 14.9 Å². The van der Waals surface area contributed by atoms with Gasteiger partial charge in [0.2, 0.25) is 5.88 Å². The molecule has 3 atom stereocenters. The fourth-order valence-electron chi connectivity index (χ4n) is 3.64. The number of aliphatic carboxylic acids is 2. The Hall–Kier alpha value is -3.95. The zero-order chi connectivity index (χ0) is 29.4. The van der Waals surface area contributed by atoms with Crippen LogP contribution in [0.25, 0.3) is 0 Å². The molecule has 0 aliphatic carbocycles. The number of pyridine rings is 2. The summed E-state index contributed by atoms with van der Waals surface area (Å²) >= 11 is 0. The summed E-state index contributed by atoms with van der Waals surface area (Å²) in [5, 5.41) is 14.2. The predicted molar refractivity (Wildman–Crippen MR) is 119 cm³/mol. The van der Waals surface area contributed by atoms with Crippen LogP contribution >= 0.6 is 0 Å². The first-order valence-electron chi connectivity index (χ1n) is 11.1. The van der Waals surface area contributed by atoms with Crippen LogP contribution in [0.2, 0.25) is 0 Å². The number of carboxylic acid groups (broad SMARTS) is 2. The van der Waals surface area contributed by atoms with Crippen LogP contribution in [0.4, 0.5) is 26.3 Å². The van der Waals surface area contributed by atoms with Gasteiger partial charge in [0.15, 0.2) is 0 Å². The van der Waals surface area contributed by atoms with Crippen molar-refractivity contribution < 1.29 is 60.4 Å². The summed E-state index contributed by atoms with van der Waals surface area (Å²) in [4.78, 5) is 41.1. The number of alkyl halides is 6. The average molecular weight is 567 g/mol. The normalized spacial score (nSPS) is 20.4. The van der Waals surface area contributed by atoms with Crippen molar-refractivity contribution in [2.24, 2.45) is 0 Å². The van der Waals surface area contributed by atoms with E-state index >= 15 is 0 Å². The molecule has 4 rings (SSSR count). The van der Waals surface area contributed by atoms with Crippen molar-refractivity contribution >= 4 is 17.8 Å². The molecule has 4 heterocycles. The summed E-state index contributed by atoms with van der Waals surface area (Å²) < 4.78 is 75.4. The minimum Gasteiger partial charge on any atom is -0.475 e. The van der Waals surface area contributed by atoms with Gasteiger partial charge in [-0.3, -0.25) is 9.78 Å². The molecule has 2 N–H and O–H groups in total. The molecule has 39 heavy (non-hydrogen) atoms. The molecule has 1 amide bonds. The molecule has 2 aliphatic heterocycles. The number of likely N-dealkylation sites (tertiary alicyclic amines) is 1. The number of aryl methyl sites for hydroxylation is 1. The van der Waals surface area contributed by atoms with E-state index in [1.165, 1.54) is 0 Å². The monoisotopic (exact) mass is 567 g/mol. The van der Waals surface area contributed by atoms with E-state index < -0.39 is 24.3 Å². The predicted octanol–water partition coefficient (Wildman–Crippen LogP) is 3.50. The Morgan fingerprint density at radius 2 is 1.59 bits per heavy atom. The highest BCUT2D eigenvalue weighted by Gasteiger charge is 2.45. The van der Waals surface area contributed by atoms with Crippen LogP contribution in [0, 0.1) is 6.92 Å². The molecule has 0 aromatic carbocycles. The van der Waals surface area contributed by atoms with Gasteiger partial charge in [-0.05, 0) is 37.1 Å². The number of carbonyl (C=O) groups is 3. The van der Waals surface area contributed by atoms with E-state index in [2.05, 4.69) is 9.97 Å². The minimum absolute atomic E-state index is 0.0253. The summed E-state index contributed by atoms with van der Waals surface area (Å²) in [6, 6.07) is 9.36. The van der Waals surface area contributed by atoms with Crippen molar-refractivity contribution in [3.05, 3.63) is 54.0 Å². The number of amides is 1. The quantitative estimate of drug-likeness (QED) is 0.534. The van der Waals surface area contributed by atoms with E-state index in [1.807, 2.05) is 42.2 Å². The maximum Gasteiger partial charge on any atom is 0.490 e.